The molecule has 2 aromatic rings. The first-order valence-corrected chi connectivity index (χ1v) is 20.0. The topological polar surface area (TPSA) is 118 Å². The van der Waals surface area contributed by atoms with E-state index in [4.69, 9.17) is 30.8 Å². The second-order valence-corrected chi connectivity index (χ2v) is 18.2. The van der Waals surface area contributed by atoms with Crippen molar-refractivity contribution in [3.05, 3.63) is 21.4 Å². The number of anilines is 1. The average Bonchev–Trinajstić information content (AvgIpc) is 3.76. The highest BCUT2D eigenvalue weighted by Crippen LogP contribution is 2.40. The molecule has 12 nitrogen and oxygen atoms in total. The fourth-order valence-electron chi connectivity index (χ4n) is 8.61. The fraction of sp³-hybridized carbons (Fsp3) is 0.711. The molecule has 15 heteroatoms. The van der Waals surface area contributed by atoms with Gasteiger partial charge in [0, 0.05) is 37.0 Å². The van der Waals surface area contributed by atoms with Crippen molar-refractivity contribution in [2.24, 2.45) is 5.41 Å². The summed E-state index contributed by atoms with van der Waals surface area (Å²) < 4.78 is 33.0. The quantitative estimate of drug-likeness (QED) is 0.184. The molecule has 2 amide bonds. The number of carbonyl (C=O) groups excluding carboxylic acids is 3. The van der Waals surface area contributed by atoms with Crippen molar-refractivity contribution in [1.82, 2.24) is 24.7 Å². The summed E-state index contributed by atoms with van der Waals surface area (Å²) in [5.74, 6) is -0.428. The van der Waals surface area contributed by atoms with E-state index >= 15 is 4.39 Å². The standard InChI is InChI=1S/C38H53BrClFN6O6/c1-37(2,3)32(34(49)51-7)47-22(14-15-28(47)48)10-8-16-44-17-9-11-25(44)21-52-35-42-31-26(18-27(40)29(39)30(31)41)33(43-35)45-19-23-12-13-24(20-45)46(23)36(50)53-38(4,5)6/h18,22-25,32H,8-17,19-21H2,1-7H3/t22-,23?,24?,25-,32+/m0/s1. The Hall–Kier alpha value is -2.97. The zero-order valence-electron chi connectivity index (χ0n) is 31.9. The van der Waals surface area contributed by atoms with Gasteiger partial charge < -0.3 is 24.0 Å². The van der Waals surface area contributed by atoms with Crippen LogP contribution in [0.4, 0.5) is 15.0 Å². The van der Waals surface area contributed by atoms with Crippen LogP contribution < -0.4 is 9.64 Å². The van der Waals surface area contributed by atoms with Crippen LogP contribution in [0, 0.1) is 11.2 Å². The minimum Gasteiger partial charge on any atom is -0.467 e. The molecule has 5 atom stereocenters. The molecule has 53 heavy (non-hydrogen) atoms. The summed E-state index contributed by atoms with van der Waals surface area (Å²) in [5.41, 5.74) is -0.937. The first-order valence-electron chi connectivity index (χ1n) is 18.8. The number of likely N-dealkylation sites (tertiary alicyclic amines) is 2. The molecular weight excluding hydrogens is 771 g/mol. The lowest BCUT2D eigenvalue weighted by molar-refractivity contribution is -0.157. The van der Waals surface area contributed by atoms with Crippen LogP contribution in [0.5, 0.6) is 6.01 Å². The predicted molar refractivity (Wildman–Crippen MR) is 204 cm³/mol. The van der Waals surface area contributed by atoms with Gasteiger partial charge in [-0.2, -0.15) is 9.97 Å². The second kappa shape index (κ2) is 15.6. The van der Waals surface area contributed by atoms with Crippen molar-refractivity contribution in [3.63, 3.8) is 0 Å². The van der Waals surface area contributed by atoms with Crippen LogP contribution in [0.15, 0.2) is 10.5 Å². The molecule has 2 bridgehead atoms. The summed E-state index contributed by atoms with van der Waals surface area (Å²) in [5, 5.41) is 0.700. The van der Waals surface area contributed by atoms with Crippen LogP contribution in [-0.4, -0.2) is 118 Å². The van der Waals surface area contributed by atoms with Crippen molar-refractivity contribution < 1.29 is 33.0 Å². The molecule has 4 aliphatic rings. The summed E-state index contributed by atoms with van der Waals surface area (Å²) in [6.07, 6.45) is 6.13. The largest absolute Gasteiger partial charge is 0.467 e. The average molecular weight is 824 g/mol. The van der Waals surface area contributed by atoms with Crippen LogP contribution in [0.25, 0.3) is 10.9 Å². The third-order valence-electron chi connectivity index (χ3n) is 11.0. The molecule has 0 N–H and O–H groups in total. The van der Waals surface area contributed by atoms with E-state index in [0.29, 0.717) is 37.3 Å². The Labute approximate surface area is 325 Å². The Balaban J connectivity index is 1.14. The number of carbonyl (C=O) groups is 3. The van der Waals surface area contributed by atoms with E-state index in [1.54, 1.807) is 11.0 Å². The number of benzene rings is 1. The molecule has 4 fully saturated rings. The van der Waals surface area contributed by atoms with E-state index in [2.05, 4.69) is 30.7 Å². The molecule has 0 spiro atoms. The van der Waals surface area contributed by atoms with Crippen molar-refractivity contribution in [3.8, 4) is 6.01 Å². The van der Waals surface area contributed by atoms with Gasteiger partial charge >= 0.3 is 18.1 Å². The molecule has 292 valence electrons. The molecule has 1 aromatic heterocycles. The molecular formula is C38H53BrClFN6O6. The summed E-state index contributed by atoms with van der Waals surface area (Å²) in [6.45, 7) is 14.6. The van der Waals surface area contributed by atoms with Crippen molar-refractivity contribution in [2.45, 2.75) is 129 Å². The van der Waals surface area contributed by atoms with Crippen molar-refractivity contribution in [2.75, 3.05) is 44.8 Å². The molecule has 5 heterocycles. The second-order valence-electron chi connectivity index (χ2n) is 17.0. The number of halogens is 3. The van der Waals surface area contributed by atoms with E-state index in [1.807, 2.05) is 46.4 Å². The lowest BCUT2D eigenvalue weighted by Gasteiger charge is -2.42. The molecule has 6 rings (SSSR count). The van der Waals surface area contributed by atoms with E-state index < -0.39 is 22.9 Å². The lowest BCUT2D eigenvalue weighted by Crippen LogP contribution is -2.57. The third kappa shape index (κ3) is 8.49. The summed E-state index contributed by atoms with van der Waals surface area (Å²) in [7, 11) is 1.37. The number of nitrogens with zero attached hydrogens (tertiary/aromatic N) is 6. The van der Waals surface area contributed by atoms with Gasteiger partial charge in [0.2, 0.25) is 5.91 Å². The highest BCUT2D eigenvalue weighted by molar-refractivity contribution is 9.10. The minimum atomic E-state index is -0.627. The maximum absolute atomic E-state index is 15.8. The maximum atomic E-state index is 15.8. The van der Waals surface area contributed by atoms with Crippen molar-refractivity contribution in [1.29, 1.82) is 0 Å². The molecule has 4 saturated heterocycles. The van der Waals surface area contributed by atoms with Crippen LogP contribution in [0.1, 0.15) is 92.9 Å². The SMILES string of the molecule is COC(=O)[C@@H](N1C(=O)CC[C@@H]1CCCN1CCC[C@H]1COc1nc(N2CC3CCC(C2)N3C(=O)OC(C)(C)C)c2cc(Cl)c(Br)c(F)c2n1)C(C)(C)C. The Morgan fingerprint density at radius 2 is 1.75 bits per heavy atom. The molecule has 1 aromatic carbocycles. The molecule has 4 aliphatic heterocycles. The number of ether oxygens (including phenoxy) is 3. The van der Waals surface area contributed by atoms with Gasteiger partial charge in [0.25, 0.3) is 0 Å². The number of hydrogen-bond donors (Lipinski definition) is 0. The first kappa shape index (κ1) is 39.7. The molecule has 0 saturated carbocycles. The van der Waals surface area contributed by atoms with Crippen LogP contribution in [0.2, 0.25) is 5.02 Å². The van der Waals surface area contributed by atoms with E-state index in [-0.39, 0.29) is 63.2 Å². The smallest absolute Gasteiger partial charge is 0.410 e. The number of methoxy groups -OCH3 is 1. The highest BCUT2D eigenvalue weighted by atomic mass is 79.9. The minimum absolute atomic E-state index is 0.00541. The Morgan fingerprint density at radius 1 is 1.06 bits per heavy atom. The van der Waals surface area contributed by atoms with Crippen LogP contribution in [0.3, 0.4) is 0 Å². The highest BCUT2D eigenvalue weighted by Gasteiger charge is 2.47. The number of fused-ring (bicyclic) bond motifs is 3. The van der Waals surface area contributed by atoms with Crippen LogP contribution in [-0.2, 0) is 19.1 Å². The van der Waals surface area contributed by atoms with Gasteiger partial charge in [0.15, 0.2) is 5.82 Å². The van der Waals surface area contributed by atoms with Crippen LogP contribution >= 0.6 is 27.5 Å². The van der Waals surface area contributed by atoms with Gasteiger partial charge in [-0.3, -0.25) is 14.6 Å². The van der Waals surface area contributed by atoms with E-state index in [1.165, 1.54) is 7.11 Å². The van der Waals surface area contributed by atoms with Gasteiger partial charge in [-0.25, -0.2) is 14.0 Å². The first-order chi connectivity index (χ1) is 25.0. The number of piperazine rings is 1. The number of aromatic nitrogens is 2. The number of esters is 1. The molecule has 2 unspecified atom stereocenters. The summed E-state index contributed by atoms with van der Waals surface area (Å²) in [4.78, 5) is 56.4. The Bertz CT molecular complexity index is 1710. The number of rotatable bonds is 10. The number of amides is 2. The van der Waals surface area contributed by atoms with Gasteiger partial charge in [-0.15, -0.1) is 0 Å². The maximum Gasteiger partial charge on any atom is 0.410 e. The van der Waals surface area contributed by atoms with E-state index in [9.17, 15) is 14.4 Å². The molecule has 0 aliphatic carbocycles. The summed E-state index contributed by atoms with van der Waals surface area (Å²) >= 11 is 9.72. The van der Waals surface area contributed by atoms with Gasteiger partial charge in [0.05, 0.1) is 28.7 Å². The van der Waals surface area contributed by atoms with Crippen molar-refractivity contribution >= 4 is 62.2 Å². The predicted octanol–water partition coefficient (Wildman–Crippen LogP) is 6.98. The monoisotopic (exact) mass is 822 g/mol. The Kier molecular flexibility index (Phi) is 11.7. The molecule has 0 radical (unpaired) electrons. The zero-order valence-corrected chi connectivity index (χ0v) is 34.3. The van der Waals surface area contributed by atoms with Gasteiger partial charge in [0.1, 0.15) is 29.6 Å². The van der Waals surface area contributed by atoms with Gasteiger partial charge in [-0.1, -0.05) is 32.4 Å². The third-order valence-corrected chi connectivity index (χ3v) is 12.3. The Morgan fingerprint density at radius 3 is 2.40 bits per heavy atom. The zero-order chi connectivity index (χ0) is 38.4. The van der Waals surface area contributed by atoms with E-state index in [0.717, 1.165) is 58.0 Å². The van der Waals surface area contributed by atoms with Gasteiger partial charge in [-0.05, 0) is 106 Å². The number of hydrogen-bond acceptors (Lipinski definition) is 10. The summed E-state index contributed by atoms with van der Waals surface area (Å²) in [6, 6.07) is 1.09. The normalized spacial score (nSPS) is 24.3. The lowest BCUT2D eigenvalue weighted by atomic mass is 9.85. The fourth-order valence-corrected chi connectivity index (χ4v) is 9.10.